The van der Waals surface area contributed by atoms with Crippen molar-refractivity contribution in [3.05, 3.63) is 53.1 Å². The first-order chi connectivity index (χ1) is 10.6. The van der Waals surface area contributed by atoms with Crippen molar-refractivity contribution in [3.63, 3.8) is 0 Å². The van der Waals surface area contributed by atoms with Crippen molar-refractivity contribution in [1.29, 1.82) is 0 Å². The second-order valence-electron chi connectivity index (χ2n) is 5.70. The number of nitrogen functional groups attached to an aromatic ring is 1. The lowest BCUT2D eigenvalue weighted by atomic mass is 10.1. The summed E-state index contributed by atoms with van der Waals surface area (Å²) in [5.74, 6) is 1.82. The van der Waals surface area contributed by atoms with Crippen molar-refractivity contribution in [2.24, 2.45) is 0 Å². The minimum Gasteiger partial charge on any atom is -0.494 e. The molecule has 0 fully saturated rings. The standard InChI is InChI=1S/C19H25NO2/c1-14-11-15(2)13-17(12-14)21-9-4-5-10-22-19-8-6-7-18(20)16(19)3/h6-8,11-13H,4-5,9-10,20H2,1-3H3. The largest absolute Gasteiger partial charge is 0.494 e. The van der Waals surface area contributed by atoms with Crippen LogP contribution in [0, 0.1) is 20.8 Å². The van der Waals surface area contributed by atoms with Crippen molar-refractivity contribution in [3.8, 4) is 11.5 Å². The van der Waals surface area contributed by atoms with E-state index >= 15 is 0 Å². The Morgan fingerprint density at radius 3 is 2.18 bits per heavy atom. The van der Waals surface area contributed by atoms with E-state index < -0.39 is 0 Å². The van der Waals surface area contributed by atoms with Crippen molar-refractivity contribution in [1.82, 2.24) is 0 Å². The summed E-state index contributed by atoms with van der Waals surface area (Å²) in [4.78, 5) is 0. The van der Waals surface area contributed by atoms with Crippen LogP contribution in [-0.2, 0) is 0 Å². The van der Waals surface area contributed by atoms with Crippen LogP contribution in [0.3, 0.4) is 0 Å². The summed E-state index contributed by atoms with van der Waals surface area (Å²) in [6, 6.07) is 12.0. The van der Waals surface area contributed by atoms with Gasteiger partial charge in [-0.1, -0.05) is 12.1 Å². The molecule has 0 spiro atoms. The number of hydrogen-bond acceptors (Lipinski definition) is 3. The Morgan fingerprint density at radius 2 is 1.50 bits per heavy atom. The molecule has 3 nitrogen and oxygen atoms in total. The Labute approximate surface area is 133 Å². The second-order valence-corrected chi connectivity index (χ2v) is 5.70. The summed E-state index contributed by atoms with van der Waals surface area (Å²) >= 11 is 0. The van der Waals surface area contributed by atoms with Gasteiger partial charge < -0.3 is 15.2 Å². The third-order valence-corrected chi connectivity index (χ3v) is 3.59. The fourth-order valence-electron chi connectivity index (χ4n) is 2.38. The average molecular weight is 299 g/mol. The summed E-state index contributed by atoms with van der Waals surface area (Å²) < 4.78 is 11.6. The van der Waals surface area contributed by atoms with Gasteiger partial charge in [-0.25, -0.2) is 0 Å². The summed E-state index contributed by atoms with van der Waals surface area (Å²) in [7, 11) is 0. The van der Waals surface area contributed by atoms with E-state index in [2.05, 4.69) is 32.0 Å². The van der Waals surface area contributed by atoms with Crippen LogP contribution >= 0.6 is 0 Å². The normalized spacial score (nSPS) is 10.5. The second kappa shape index (κ2) is 7.74. The maximum atomic E-state index is 5.86. The number of benzene rings is 2. The van der Waals surface area contributed by atoms with E-state index in [1.54, 1.807) is 0 Å². The zero-order valence-electron chi connectivity index (χ0n) is 13.7. The molecule has 2 rings (SSSR count). The minimum absolute atomic E-state index is 0.681. The molecule has 0 saturated carbocycles. The molecule has 3 heteroatoms. The van der Waals surface area contributed by atoms with Crippen molar-refractivity contribution < 1.29 is 9.47 Å². The molecule has 22 heavy (non-hydrogen) atoms. The highest BCUT2D eigenvalue weighted by molar-refractivity contribution is 5.53. The van der Waals surface area contributed by atoms with Gasteiger partial charge in [0.05, 0.1) is 13.2 Å². The molecule has 0 aliphatic carbocycles. The molecule has 0 heterocycles. The molecule has 2 N–H and O–H groups in total. The van der Waals surface area contributed by atoms with Crippen LogP contribution in [0.25, 0.3) is 0 Å². The van der Waals surface area contributed by atoms with Gasteiger partial charge >= 0.3 is 0 Å². The molecular formula is C19H25NO2. The lowest BCUT2D eigenvalue weighted by molar-refractivity contribution is 0.265. The maximum absolute atomic E-state index is 5.86. The molecule has 0 saturated heterocycles. The highest BCUT2D eigenvalue weighted by Gasteiger charge is 2.02. The Morgan fingerprint density at radius 1 is 0.864 bits per heavy atom. The van der Waals surface area contributed by atoms with Gasteiger partial charge in [0.2, 0.25) is 0 Å². The summed E-state index contributed by atoms with van der Waals surface area (Å²) in [5.41, 5.74) is 10.1. The Hall–Kier alpha value is -2.16. The summed E-state index contributed by atoms with van der Waals surface area (Å²) in [6.07, 6.45) is 1.92. The molecule has 2 aromatic rings. The first-order valence-electron chi connectivity index (χ1n) is 7.75. The van der Waals surface area contributed by atoms with E-state index in [1.807, 2.05) is 25.1 Å². The molecule has 0 radical (unpaired) electrons. The van der Waals surface area contributed by atoms with Gasteiger partial charge in [0.1, 0.15) is 11.5 Å². The van der Waals surface area contributed by atoms with Crippen molar-refractivity contribution in [2.75, 3.05) is 18.9 Å². The third-order valence-electron chi connectivity index (χ3n) is 3.59. The van der Waals surface area contributed by atoms with Crippen LogP contribution in [0.1, 0.15) is 29.5 Å². The van der Waals surface area contributed by atoms with Crippen molar-refractivity contribution in [2.45, 2.75) is 33.6 Å². The van der Waals surface area contributed by atoms with Gasteiger partial charge in [0.25, 0.3) is 0 Å². The molecule has 0 atom stereocenters. The minimum atomic E-state index is 0.681. The molecule has 118 valence electrons. The predicted octanol–water partition coefficient (Wildman–Crippen LogP) is 4.43. The van der Waals surface area contributed by atoms with Crippen LogP contribution in [0.4, 0.5) is 5.69 Å². The number of unbranched alkanes of at least 4 members (excludes halogenated alkanes) is 1. The zero-order valence-corrected chi connectivity index (χ0v) is 13.7. The van der Waals surface area contributed by atoms with Crippen LogP contribution in [0.2, 0.25) is 0 Å². The number of rotatable bonds is 7. The summed E-state index contributed by atoms with van der Waals surface area (Å²) in [5, 5.41) is 0. The van der Waals surface area contributed by atoms with Gasteiger partial charge in [-0.3, -0.25) is 0 Å². The predicted molar refractivity (Wildman–Crippen MR) is 91.7 cm³/mol. The number of nitrogens with two attached hydrogens (primary N) is 1. The number of aryl methyl sites for hydroxylation is 2. The van der Waals surface area contributed by atoms with Gasteiger partial charge in [-0.05, 0) is 69.0 Å². The van der Waals surface area contributed by atoms with Gasteiger partial charge in [0.15, 0.2) is 0 Å². The zero-order chi connectivity index (χ0) is 15.9. The van der Waals surface area contributed by atoms with Gasteiger partial charge in [-0.2, -0.15) is 0 Å². The van der Waals surface area contributed by atoms with Crippen LogP contribution in [0.15, 0.2) is 36.4 Å². The van der Waals surface area contributed by atoms with Crippen LogP contribution in [0.5, 0.6) is 11.5 Å². The third kappa shape index (κ3) is 4.69. The van der Waals surface area contributed by atoms with Crippen LogP contribution in [-0.4, -0.2) is 13.2 Å². The topological polar surface area (TPSA) is 44.5 Å². The molecule has 0 aromatic heterocycles. The molecule has 0 aliphatic heterocycles. The molecule has 0 aliphatic rings. The van der Waals surface area contributed by atoms with Gasteiger partial charge in [0, 0.05) is 11.3 Å². The molecular weight excluding hydrogens is 274 g/mol. The Kier molecular flexibility index (Phi) is 5.70. The SMILES string of the molecule is Cc1cc(C)cc(OCCCCOc2cccc(N)c2C)c1. The van der Waals surface area contributed by atoms with E-state index in [9.17, 15) is 0 Å². The van der Waals surface area contributed by atoms with E-state index in [0.29, 0.717) is 13.2 Å². The molecule has 2 aromatic carbocycles. The fraction of sp³-hybridized carbons (Fsp3) is 0.368. The quantitative estimate of drug-likeness (QED) is 0.607. The number of anilines is 1. The van der Waals surface area contributed by atoms with E-state index in [4.69, 9.17) is 15.2 Å². The Balaban J connectivity index is 1.68. The summed E-state index contributed by atoms with van der Waals surface area (Å²) in [6.45, 7) is 7.54. The number of ether oxygens (including phenoxy) is 2. The molecule has 0 unspecified atom stereocenters. The van der Waals surface area contributed by atoms with Crippen LogP contribution < -0.4 is 15.2 Å². The van der Waals surface area contributed by atoms with Gasteiger partial charge in [-0.15, -0.1) is 0 Å². The lowest BCUT2D eigenvalue weighted by Crippen LogP contribution is -2.04. The smallest absolute Gasteiger partial charge is 0.124 e. The average Bonchev–Trinajstić information content (AvgIpc) is 2.46. The lowest BCUT2D eigenvalue weighted by Gasteiger charge is -2.11. The van der Waals surface area contributed by atoms with E-state index in [0.717, 1.165) is 35.6 Å². The Bertz CT molecular complexity index is 603. The monoisotopic (exact) mass is 299 g/mol. The molecule has 0 amide bonds. The van der Waals surface area contributed by atoms with Crippen molar-refractivity contribution >= 4 is 5.69 Å². The van der Waals surface area contributed by atoms with E-state index in [-0.39, 0.29) is 0 Å². The number of hydrogen-bond donors (Lipinski definition) is 1. The highest BCUT2D eigenvalue weighted by Crippen LogP contribution is 2.23. The molecule has 0 bridgehead atoms. The fourth-order valence-corrected chi connectivity index (χ4v) is 2.38. The first kappa shape index (κ1) is 16.2. The first-order valence-corrected chi connectivity index (χ1v) is 7.75. The highest BCUT2D eigenvalue weighted by atomic mass is 16.5. The maximum Gasteiger partial charge on any atom is 0.124 e. The van der Waals surface area contributed by atoms with E-state index in [1.165, 1.54) is 11.1 Å².